The van der Waals surface area contributed by atoms with Gasteiger partial charge < -0.3 is 15.1 Å². The van der Waals surface area contributed by atoms with Gasteiger partial charge >= 0.3 is 11.9 Å². The molecular weight excluding hydrogens is 248 g/mol. The summed E-state index contributed by atoms with van der Waals surface area (Å²) < 4.78 is 0. The molecular formula is C13H14N2O4. The zero-order valence-electron chi connectivity index (χ0n) is 10.4. The van der Waals surface area contributed by atoms with E-state index >= 15 is 0 Å². The van der Waals surface area contributed by atoms with Gasteiger partial charge in [0.1, 0.15) is 5.84 Å². The number of benzene rings is 1. The summed E-state index contributed by atoms with van der Waals surface area (Å²) in [6.07, 6.45) is -0.271. The van der Waals surface area contributed by atoms with Gasteiger partial charge in [-0.05, 0) is 19.1 Å². The summed E-state index contributed by atoms with van der Waals surface area (Å²) in [4.78, 5) is 27.9. The fourth-order valence-electron chi connectivity index (χ4n) is 2.30. The highest BCUT2D eigenvalue weighted by Crippen LogP contribution is 2.27. The molecule has 0 amide bonds. The average Bonchev–Trinajstić information content (AvgIpc) is 2.66. The molecule has 1 aromatic rings. The third-order valence-electron chi connectivity index (χ3n) is 3.04. The van der Waals surface area contributed by atoms with E-state index in [9.17, 15) is 9.59 Å². The smallest absolute Gasteiger partial charge is 0.330 e. The third kappa shape index (κ3) is 2.57. The lowest BCUT2D eigenvalue weighted by atomic mass is 10.0. The molecule has 0 unspecified atom stereocenters. The topological polar surface area (TPSA) is 90.2 Å². The summed E-state index contributed by atoms with van der Waals surface area (Å²) in [7, 11) is 0. The quantitative estimate of drug-likeness (QED) is 0.851. The van der Waals surface area contributed by atoms with Crippen molar-refractivity contribution >= 4 is 23.5 Å². The van der Waals surface area contributed by atoms with E-state index in [0.717, 1.165) is 5.69 Å². The van der Waals surface area contributed by atoms with E-state index < -0.39 is 24.0 Å². The predicted molar refractivity (Wildman–Crippen MR) is 69.5 cm³/mol. The molecule has 1 aromatic carbocycles. The maximum absolute atomic E-state index is 11.2. The van der Waals surface area contributed by atoms with E-state index in [2.05, 4.69) is 4.99 Å². The summed E-state index contributed by atoms with van der Waals surface area (Å²) in [5.74, 6) is -1.63. The zero-order chi connectivity index (χ0) is 14.0. The molecule has 0 radical (unpaired) electrons. The number of carbonyl (C=O) groups is 2. The molecule has 100 valence electrons. The SMILES string of the molecule is CC1=N[C@H](C(=O)O)[C@@H](CC(=O)O)N1c1ccccc1. The van der Waals surface area contributed by atoms with Crippen LogP contribution in [-0.2, 0) is 9.59 Å². The lowest BCUT2D eigenvalue weighted by Crippen LogP contribution is -2.43. The van der Waals surface area contributed by atoms with Crippen molar-refractivity contribution in [3.8, 4) is 0 Å². The van der Waals surface area contributed by atoms with E-state index in [4.69, 9.17) is 10.2 Å². The minimum Gasteiger partial charge on any atom is -0.481 e. The molecule has 0 bridgehead atoms. The molecule has 1 aliphatic heterocycles. The first-order valence-electron chi connectivity index (χ1n) is 5.84. The van der Waals surface area contributed by atoms with Crippen LogP contribution in [0, 0.1) is 0 Å². The average molecular weight is 262 g/mol. The number of aliphatic carboxylic acids is 2. The van der Waals surface area contributed by atoms with Crippen molar-refractivity contribution in [3.05, 3.63) is 30.3 Å². The van der Waals surface area contributed by atoms with Crippen LogP contribution in [0.25, 0.3) is 0 Å². The van der Waals surface area contributed by atoms with Gasteiger partial charge in [-0.3, -0.25) is 9.79 Å². The van der Waals surface area contributed by atoms with Crippen LogP contribution < -0.4 is 4.90 Å². The maximum atomic E-state index is 11.2. The van der Waals surface area contributed by atoms with Gasteiger partial charge in [-0.2, -0.15) is 0 Å². The number of nitrogens with zero attached hydrogens (tertiary/aromatic N) is 2. The molecule has 19 heavy (non-hydrogen) atoms. The Morgan fingerprint density at radius 3 is 2.42 bits per heavy atom. The van der Waals surface area contributed by atoms with Crippen molar-refractivity contribution in [3.63, 3.8) is 0 Å². The van der Waals surface area contributed by atoms with Gasteiger partial charge in [-0.15, -0.1) is 0 Å². The second-order valence-electron chi connectivity index (χ2n) is 4.33. The fourth-order valence-corrected chi connectivity index (χ4v) is 2.30. The van der Waals surface area contributed by atoms with Crippen LogP contribution in [0.1, 0.15) is 13.3 Å². The summed E-state index contributed by atoms with van der Waals surface area (Å²) in [5.41, 5.74) is 0.749. The fraction of sp³-hybridized carbons (Fsp3) is 0.308. The van der Waals surface area contributed by atoms with Gasteiger partial charge in [0, 0.05) is 5.69 Å². The second-order valence-corrected chi connectivity index (χ2v) is 4.33. The molecule has 1 heterocycles. The molecule has 2 N–H and O–H groups in total. The Balaban J connectivity index is 2.37. The maximum Gasteiger partial charge on any atom is 0.330 e. The van der Waals surface area contributed by atoms with Gasteiger partial charge in [0.2, 0.25) is 0 Å². The normalized spacial score (nSPS) is 22.2. The number of carboxylic acids is 2. The standard InChI is InChI=1S/C13H14N2O4/c1-8-14-12(13(18)19)10(7-11(16)17)15(8)9-5-3-2-4-6-9/h2-6,10,12H,7H2,1H3,(H,16,17)(H,18,19)/t10-,12+/m1/s1. The molecule has 0 saturated heterocycles. The van der Waals surface area contributed by atoms with Crippen molar-refractivity contribution < 1.29 is 19.8 Å². The number of hydrogen-bond donors (Lipinski definition) is 2. The first-order valence-corrected chi connectivity index (χ1v) is 5.84. The van der Waals surface area contributed by atoms with Crippen LogP contribution in [0.2, 0.25) is 0 Å². The lowest BCUT2D eigenvalue weighted by Gasteiger charge is -2.27. The van der Waals surface area contributed by atoms with Gasteiger partial charge in [-0.25, -0.2) is 4.79 Å². The zero-order valence-corrected chi connectivity index (χ0v) is 10.4. The van der Waals surface area contributed by atoms with Crippen LogP contribution in [0.4, 0.5) is 5.69 Å². The molecule has 0 aromatic heterocycles. The first-order chi connectivity index (χ1) is 9.00. The van der Waals surface area contributed by atoms with Crippen molar-refractivity contribution in [1.82, 2.24) is 0 Å². The minimum absolute atomic E-state index is 0.271. The van der Waals surface area contributed by atoms with Crippen LogP contribution in [0.3, 0.4) is 0 Å². The van der Waals surface area contributed by atoms with Gasteiger partial charge in [-0.1, -0.05) is 18.2 Å². The Kier molecular flexibility index (Phi) is 3.50. The molecule has 2 atom stereocenters. The van der Waals surface area contributed by atoms with Crippen LogP contribution in [-0.4, -0.2) is 40.1 Å². The Labute approximate surface area is 110 Å². The number of amidine groups is 1. The summed E-state index contributed by atoms with van der Waals surface area (Å²) in [6, 6.07) is 7.33. The van der Waals surface area contributed by atoms with Gasteiger partial charge in [0.15, 0.2) is 6.04 Å². The van der Waals surface area contributed by atoms with Crippen molar-refractivity contribution in [2.45, 2.75) is 25.4 Å². The number of hydrogen-bond acceptors (Lipinski definition) is 4. The van der Waals surface area contributed by atoms with Gasteiger partial charge in [0.25, 0.3) is 0 Å². The van der Waals surface area contributed by atoms with E-state index in [1.807, 2.05) is 18.2 Å². The monoisotopic (exact) mass is 262 g/mol. The highest BCUT2D eigenvalue weighted by molar-refractivity contribution is 6.02. The van der Waals surface area contributed by atoms with Crippen molar-refractivity contribution in [2.75, 3.05) is 4.90 Å². The molecule has 0 fully saturated rings. The molecule has 0 saturated carbocycles. The number of para-hydroxylation sites is 1. The lowest BCUT2D eigenvalue weighted by molar-refractivity contribution is -0.140. The number of anilines is 1. The minimum atomic E-state index is -1.11. The predicted octanol–water partition coefficient (Wildman–Crippen LogP) is 1.22. The van der Waals surface area contributed by atoms with Gasteiger partial charge in [0.05, 0.1) is 12.5 Å². The van der Waals surface area contributed by atoms with Crippen molar-refractivity contribution in [2.24, 2.45) is 4.99 Å². The molecule has 0 aliphatic carbocycles. The molecule has 0 spiro atoms. The molecule has 6 heteroatoms. The summed E-state index contributed by atoms with van der Waals surface area (Å²) in [5, 5.41) is 18.1. The Morgan fingerprint density at radius 2 is 1.89 bits per heavy atom. The first kappa shape index (κ1) is 13.1. The van der Waals surface area contributed by atoms with Crippen LogP contribution in [0.15, 0.2) is 35.3 Å². The van der Waals surface area contributed by atoms with E-state index in [1.54, 1.807) is 24.0 Å². The van der Waals surface area contributed by atoms with E-state index in [0.29, 0.717) is 5.84 Å². The number of carboxylic acid groups (broad SMARTS) is 2. The van der Waals surface area contributed by atoms with Crippen molar-refractivity contribution in [1.29, 1.82) is 0 Å². The Hall–Kier alpha value is -2.37. The second kappa shape index (κ2) is 5.09. The van der Waals surface area contributed by atoms with E-state index in [-0.39, 0.29) is 6.42 Å². The van der Waals surface area contributed by atoms with Crippen LogP contribution in [0.5, 0.6) is 0 Å². The summed E-state index contributed by atoms with van der Waals surface area (Å²) in [6.45, 7) is 1.69. The molecule has 6 nitrogen and oxygen atoms in total. The van der Waals surface area contributed by atoms with E-state index in [1.165, 1.54) is 0 Å². The van der Waals surface area contributed by atoms with Crippen LogP contribution >= 0.6 is 0 Å². The Morgan fingerprint density at radius 1 is 1.26 bits per heavy atom. The summed E-state index contributed by atoms with van der Waals surface area (Å²) >= 11 is 0. The highest BCUT2D eigenvalue weighted by atomic mass is 16.4. The highest BCUT2D eigenvalue weighted by Gasteiger charge is 2.40. The third-order valence-corrected chi connectivity index (χ3v) is 3.04. The largest absolute Gasteiger partial charge is 0.481 e. The molecule has 1 aliphatic rings. The number of rotatable bonds is 4. The number of aliphatic imine (C=N–C) groups is 1. The Bertz CT molecular complexity index is 527. The molecule has 2 rings (SSSR count).